The minimum atomic E-state index is 0.617. The summed E-state index contributed by atoms with van der Waals surface area (Å²) in [6, 6.07) is 5.99. The van der Waals surface area contributed by atoms with Gasteiger partial charge in [0.1, 0.15) is 0 Å². The van der Waals surface area contributed by atoms with Gasteiger partial charge in [-0.25, -0.2) is 4.68 Å². The van der Waals surface area contributed by atoms with Gasteiger partial charge in [0, 0.05) is 13.6 Å². The molecule has 0 aliphatic rings. The van der Waals surface area contributed by atoms with Crippen LogP contribution in [-0.2, 0) is 13.2 Å². The highest BCUT2D eigenvalue weighted by atomic mass is 32.1. The van der Waals surface area contributed by atoms with Crippen molar-refractivity contribution in [3.05, 3.63) is 27.7 Å². The van der Waals surface area contributed by atoms with E-state index in [1.165, 1.54) is 11.3 Å². The Bertz CT molecular complexity index is 699. The van der Waals surface area contributed by atoms with Crippen molar-refractivity contribution >= 4 is 28.7 Å². The number of anilines is 1. The van der Waals surface area contributed by atoms with Crippen molar-refractivity contribution in [2.24, 2.45) is 0 Å². The fraction of sp³-hybridized carbons (Fsp3) is 0.467. The Balaban J connectivity index is 2.06. The maximum absolute atomic E-state index is 5.54. The molecule has 0 bridgehead atoms. The van der Waals surface area contributed by atoms with Crippen LogP contribution in [0.2, 0.25) is 0 Å². The van der Waals surface area contributed by atoms with E-state index < -0.39 is 0 Å². The second-order valence-electron chi connectivity index (χ2n) is 5.00. The summed E-state index contributed by atoms with van der Waals surface area (Å²) >= 11 is 6.79. The van der Waals surface area contributed by atoms with Gasteiger partial charge in [-0.05, 0) is 43.9 Å². The van der Waals surface area contributed by atoms with E-state index in [9.17, 15) is 0 Å². The van der Waals surface area contributed by atoms with Crippen molar-refractivity contribution in [1.82, 2.24) is 14.7 Å². The summed E-state index contributed by atoms with van der Waals surface area (Å²) < 4.78 is 13.5. The maximum atomic E-state index is 5.54. The molecular weight excluding hydrogens is 332 g/mol. The fourth-order valence-corrected chi connectivity index (χ4v) is 3.12. The van der Waals surface area contributed by atoms with Gasteiger partial charge >= 0.3 is 0 Å². The van der Waals surface area contributed by atoms with Gasteiger partial charge in [0.2, 0.25) is 5.13 Å². The van der Waals surface area contributed by atoms with Gasteiger partial charge in [-0.1, -0.05) is 17.4 Å². The first-order chi connectivity index (χ1) is 11.1. The Hall–Kier alpha value is -1.64. The summed E-state index contributed by atoms with van der Waals surface area (Å²) in [7, 11) is 5.52. The average molecular weight is 355 g/mol. The Morgan fingerprint density at radius 2 is 2.17 bits per heavy atom. The van der Waals surface area contributed by atoms with Crippen LogP contribution in [0.5, 0.6) is 11.5 Å². The average Bonchev–Trinajstić information content (AvgIpc) is 2.89. The Morgan fingerprint density at radius 3 is 2.78 bits per heavy atom. The van der Waals surface area contributed by atoms with Crippen LogP contribution < -0.4 is 14.8 Å². The summed E-state index contributed by atoms with van der Waals surface area (Å²) in [6.45, 7) is 3.97. The van der Waals surface area contributed by atoms with Gasteiger partial charge < -0.3 is 14.8 Å². The lowest BCUT2D eigenvalue weighted by molar-refractivity contribution is 0.245. The lowest BCUT2D eigenvalue weighted by Crippen LogP contribution is -2.22. The number of nitrogens with zero attached hydrogens (tertiary/aromatic N) is 3. The summed E-state index contributed by atoms with van der Waals surface area (Å²) in [5.41, 5.74) is 1.14. The Morgan fingerprint density at radius 1 is 1.39 bits per heavy atom. The van der Waals surface area contributed by atoms with E-state index >= 15 is 0 Å². The smallest absolute Gasteiger partial charge is 0.204 e. The minimum Gasteiger partial charge on any atom is -0.493 e. The van der Waals surface area contributed by atoms with E-state index in [4.69, 9.17) is 21.7 Å². The molecular formula is C15H22N4O2S2. The van der Waals surface area contributed by atoms with Crippen molar-refractivity contribution in [1.29, 1.82) is 0 Å². The molecule has 0 aliphatic heterocycles. The molecule has 1 heterocycles. The van der Waals surface area contributed by atoms with Gasteiger partial charge in [-0.15, -0.1) is 5.10 Å². The first-order valence-electron chi connectivity index (χ1n) is 7.31. The standard InChI is InChI=1S/C15H22N4O2S2/c1-5-21-12-7-6-11(8-13(12)20-4)9-18(3)10-19-15(22)23-14(16-2)17-19/h6-8H,5,9-10H2,1-4H3,(H,16,17). The Kier molecular flexibility index (Phi) is 6.37. The molecule has 2 rings (SSSR count). The Labute approximate surface area is 145 Å². The molecule has 126 valence electrons. The highest BCUT2D eigenvalue weighted by Gasteiger charge is 2.09. The van der Waals surface area contributed by atoms with Crippen molar-refractivity contribution in [3.8, 4) is 11.5 Å². The van der Waals surface area contributed by atoms with Gasteiger partial charge in [0.05, 0.1) is 20.4 Å². The molecule has 0 amide bonds. The van der Waals surface area contributed by atoms with Crippen LogP contribution in [0.3, 0.4) is 0 Å². The number of rotatable bonds is 8. The van der Waals surface area contributed by atoms with Crippen LogP contribution in [0.4, 0.5) is 5.13 Å². The third-order valence-electron chi connectivity index (χ3n) is 3.18. The highest BCUT2D eigenvalue weighted by molar-refractivity contribution is 7.73. The zero-order valence-electron chi connectivity index (χ0n) is 13.8. The van der Waals surface area contributed by atoms with Gasteiger partial charge in [-0.2, -0.15) is 0 Å². The fourth-order valence-electron chi connectivity index (χ4n) is 2.17. The molecule has 0 spiro atoms. The summed E-state index contributed by atoms with van der Waals surface area (Å²) in [5, 5.41) is 8.26. The van der Waals surface area contributed by atoms with Gasteiger partial charge in [0.15, 0.2) is 15.5 Å². The van der Waals surface area contributed by atoms with E-state index in [1.807, 2.05) is 43.9 Å². The van der Waals surface area contributed by atoms with E-state index in [0.717, 1.165) is 32.7 Å². The second kappa shape index (κ2) is 8.28. The monoisotopic (exact) mass is 354 g/mol. The van der Waals surface area contributed by atoms with Crippen LogP contribution >= 0.6 is 23.6 Å². The topological polar surface area (TPSA) is 51.5 Å². The van der Waals surface area contributed by atoms with Crippen LogP contribution in [0, 0.1) is 3.95 Å². The van der Waals surface area contributed by atoms with E-state index in [2.05, 4.69) is 15.3 Å². The van der Waals surface area contributed by atoms with Crippen molar-refractivity contribution < 1.29 is 9.47 Å². The molecule has 0 atom stereocenters. The predicted octanol–water partition coefficient (Wildman–Crippen LogP) is 3.21. The third-order valence-corrected chi connectivity index (χ3v) is 4.50. The quantitative estimate of drug-likeness (QED) is 0.735. The molecule has 23 heavy (non-hydrogen) atoms. The molecule has 0 saturated carbocycles. The van der Waals surface area contributed by atoms with Crippen LogP contribution in [0.1, 0.15) is 12.5 Å². The van der Waals surface area contributed by atoms with Gasteiger partial charge in [-0.3, -0.25) is 4.90 Å². The molecule has 1 N–H and O–H groups in total. The number of benzene rings is 1. The number of nitrogens with one attached hydrogen (secondary N) is 1. The third kappa shape index (κ3) is 4.66. The van der Waals surface area contributed by atoms with E-state index in [-0.39, 0.29) is 0 Å². The number of aromatic nitrogens is 2. The van der Waals surface area contributed by atoms with E-state index in [0.29, 0.717) is 13.3 Å². The summed E-state index contributed by atoms with van der Waals surface area (Å²) in [6.07, 6.45) is 0. The molecule has 0 fully saturated rings. The number of ether oxygens (including phenoxy) is 2. The lowest BCUT2D eigenvalue weighted by atomic mass is 10.2. The first kappa shape index (κ1) is 17.7. The normalized spacial score (nSPS) is 10.8. The summed E-state index contributed by atoms with van der Waals surface area (Å²) in [5.74, 6) is 1.52. The van der Waals surface area contributed by atoms with Gasteiger partial charge in [0.25, 0.3) is 0 Å². The summed E-state index contributed by atoms with van der Waals surface area (Å²) in [4.78, 5) is 2.14. The highest BCUT2D eigenvalue weighted by Crippen LogP contribution is 2.28. The molecule has 8 heteroatoms. The van der Waals surface area contributed by atoms with Crippen LogP contribution in [0.25, 0.3) is 0 Å². The molecule has 6 nitrogen and oxygen atoms in total. The lowest BCUT2D eigenvalue weighted by Gasteiger charge is -2.17. The second-order valence-corrected chi connectivity index (χ2v) is 6.62. The molecule has 0 radical (unpaired) electrons. The molecule has 2 aromatic rings. The van der Waals surface area contributed by atoms with Crippen LogP contribution in [-0.4, -0.2) is 42.5 Å². The number of methoxy groups -OCH3 is 1. The molecule has 1 aromatic heterocycles. The van der Waals surface area contributed by atoms with E-state index in [1.54, 1.807) is 7.11 Å². The first-order valence-corrected chi connectivity index (χ1v) is 8.53. The molecule has 0 unspecified atom stereocenters. The van der Waals surface area contributed by atoms with Crippen molar-refractivity contribution in [2.75, 3.05) is 33.1 Å². The minimum absolute atomic E-state index is 0.617. The zero-order chi connectivity index (χ0) is 16.8. The van der Waals surface area contributed by atoms with Crippen molar-refractivity contribution in [3.63, 3.8) is 0 Å². The largest absolute Gasteiger partial charge is 0.493 e. The molecule has 1 aromatic carbocycles. The number of hydrogen-bond acceptors (Lipinski definition) is 7. The van der Waals surface area contributed by atoms with Crippen LogP contribution in [0.15, 0.2) is 18.2 Å². The van der Waals surface area contributed by atoms with Crippen molar-refractivity contribution in [2.45, 2.75) is 20.1 Å². The zero-order valence-corrected chi connectivity index (χ0v) is 15.5. The predicted molar refractivity (Wildman–Crippen MR) is 96.1 cm³/mol. The number of hydrogen-bond donors (Lipinski definition) is 1. The molecule has 0 aliphatic carbocycles. The SMILES string of the molecule is CCOc1ccc(CN(C)Cn2nc(NC)sc2=S)cc1OC. The molecule has 0 saturated heterocycles. The maximum Gasteiger partial charge on any atom is 0.204 e.